The summed E-state index contributed by atoms with van der Waals surface area (Å²) in [6, 6.07) is 8.29. The zero-order chi connectivity index (χ0) is 16.2. The van der Waals surface area contributed by atoms with Gasteiger partial charge in [-0.1, -0.05) is 12.1 Å². The Bertz CT molecular complexity index is 666. The molecule has 0 N–H and O–H groups in total. The van der Waals surface area contributed by atoms with Crippen LogP contribution < -0.4 is 4.74 Å². The van der Waals surface area contributed by atoms with Crippen molar-refractivity contribution in [2.24, 2.45) is 0 Å². The topological polar surface area (TPSA) is 42.4 Å². The Hall–Kier alpha value is -1.88. The molecule has 1 atom stereocenters. The third kappa shape index (κ3) is 3.72. The summed E-state index contributed by atoms with van der Waals surface area (Å²) in [5.74, 6) is 0.928. The first-order valence-electron chi connectivity index (χ1n) is 8.05. The third-order valence-corrected chi connectivity index (χ3v) is 5.20. The van der Waals surface area contributed by atoms with Gasteiger partial charge in [-0.2, -0.15) is 0 Å². The van der Waals surface area contributed by atoms with E-state index in [0.29, 0.717) is 11.7 Å². The van der Waals surface area contributed by atoms with Crippen LogP contribution in [-0.4, -0.2) is 35.5 Å². The SMILES string of the molecule is COc1ccc(Cc2nc(C(=O)N3CCCCC3C)cs2)cc1. The van der Waals surface area contributed by atoms with Gasteiger partial charge in [0.1, 0.15) is 11.4 Å². The lowest BCUT2D eigenvalue weighted by Gasteiger charge is -2.32. The highest BCUT2D eigenvalue weighted by Crippen LogP contribution is 2.22. The molecule has 4 nitrogen and oxygen atoms in total. The van der Waals surface area contributed by atoms with Gasteiger partial charge in [0.05, 0.1) is 12.1 Å². The number of piperidine rings is 1. The fraction of sp³-hybridized carbons (Fsp3) is 0.444. The van der Waals surface area contributed by atoms with Gasteiger partial charge in [-0.15, -0.1) is 11.3 Å². The number of nitrogens with zero attached hydrogens (tertiary/aromatic N) is 2. The Labute approximate surface area is 141 Å². The molecular formula is C18H22N2O2S. The summed E-state index contributed by atoms with van der Waals surface area (Å²) in [5.41, 5.74) is 1.76. The van der Waals surface area contributed by atoms with Crippen LogP contribution in [0.25, 0.3) is 0 Å². The van der Waals surface area contributed by atoms with Crippen LogP contribution in [-0.2, 0) is 6.42 Å². The van der Waals surface area contributed by atoms with E-state index in [2.05, 4.69) is 11.9 Å². The molecule has 0 saturated carbocycles. The van der Waals surface area contributed by atoms with Gasteiger partial charge in [-0.25, -0.2) is 4.98 Å². The highest BCUT2D eigenvalue weighted by atomic mass is 32.1. The molecule has 5 heteroatoms. The highest BCUT2D eigenvalue weighted by molar-refractivity contribution is 7.09. The number of ether oxygens (including phenoxy) is 1. The maximum Gasteiger partial charge on any atom is 0.273 e. The Morgan fingerprint density at radius 3 is 2.83 bits per heavy atom. The van der Waals surface area contributed by atoms with E-state index in [-0.39, 0.29) is 5.91 Å². The van der Waals surface area contributed by atoms with Crippen LogP contribution in [0.15, 0.2) is 29.6 Å². The minimum absolute atomic E-state index is 0.0782. The smallest absolute Gasteiger partial charge is 0.273 e. The van der Waals surface area contributed by atoms with Crippen LogP contribution in [0, 0.1) is 0 Å². The zero-order valence-corrected chi connectivity index (χ0v) is 14.4. The van der Waals surface area contributed by atoms with Crippen molar-refractivity contribution < 1.29 is 9.53 Å². The first-order valence-corrected chi connectivity index (χ1v) is 8.93. The van der Waals surface area contributed by atoms with E-state index >= 15 is 0 Å². The van der Waals surface area contributed by atoms with Crippen molar-refractivity contribution in [3.05, 3.63) is 45.9 Å². The molecule has 0 aliphatic carbocycles. The molecular weight excluding hydrogens is 308 g/mol. The summed E-state index contributed by atoms with van der Waals surface area (Å²) >= 11 is 1.56. The number of hydrogen-bond acceptors (Lipinski definition) is 4. The molecule has 0 radical (unpaired) electrons. The molecule has 0 bridgehead atoms. The van der Waals surface area contributed by atoms with Crippen LogP contribution in [0.3, 0.4) is 0 Å². The maximum atomic E-state index is 12.6. The normalized spacial score (nSPS) is 18.0. The van der Waals surface area contributed by atoms with Gasteiger partial charge < -0.3 is 9.64 Å². The number of hydrogen-bond donors (Lipinski definition) is 0. The van der Waals surface area contributed by atoms with E-state index in [0.717, 1.165) is 36.6 Å². The molecule has 1 aromatic heterocycles. The van der Waals surface area contributed by atoms with Gasteiger partial charge in [-0.3, -0.25) is 4.79 Å². The summed E-state index contributed by atoms with van der Waals surface area (Å²) in [6.45, 7) is 2.98. The second kappa shape index (κ2) is 7.13. The second-order valence-electron chi connectivity index (χ2n) is 5.99. The van der Waals surface area contributed by atoms with Crippen molar-refractivity contribution >= 4 is 17.2 Å². The molecule has 23 heavy (non-hydrogen) atoms. The molecule has 1 fully saturated rings. The van der Waals surface area contributed by atoms with E-state index in [9.17, 15) is 4.79 Å². The van der Waals surface area contributed by atoms with Gasteiger partial charge in [0, 0.05) is 24.4 Å². The van der Waals surface area contributed by atoms with Crippen molar-refractivity contribution in [3.8, 4) is 5.75 Å². The number of carbonyl (C=O) groups is 1. The van der Waals surface area contributed by atoms with E-state index in [4.69, 9.17) is 4.74 Å². The van der Waals surface area contributed by atoms with Gasteiger partial charge in [-0.05, 0) is 43.9 Å². The van der Waals surface area contributed by atoms with Crippen LogP contribution in [0.2, 0.25) is 0 Å². The lowest BCUT2D eigenvalue weighted by Crippen LogP contribution is -2.42. The van der Waals surface area contributed by atoms with Crippen molar-refractivity contribution in [2.75, 3.05) is 13.7 Å². The Kier molecular flexibility index (Phi) is 4.96. The largest absolute Gasteiger partial charge is 0.497 e. The Balaban J connectivity index is 1.68. The minimum Gasteiger partial charge on any atom is -0.497 e. The van der Waals surface area contributed by atoms with E-state index < -0.39 is 0 Å². The molecule has 122 valence electrons. The molecule has 0 spiro atoms. The second-order valence-corrected chi connectivity index (χ2v) is 6.94. The van der Waals surface area contributed by atoms with Gasteiger partial charge in [0.2, 0.25) is 0 Å². The summed E-state index contributed by atoms with van der Waals surface area (Å²) in [7, 11) is 1.66. The summed E-state index contributed by atoms with van der Waals surface area (Å²) < 4.78 is 5.17. The monoisotopic (exact) mass is 330 g/mol. The minimum atomic E-state index is 0.0782. The molecule has 3 rings (SSSR count). The molecule has 1 amide bonds. The summed E-state index contributed by atoms with van der Waals surface area (Å²) in [5, 5.41) is 2.87. The molecule has 2 heterocycles. The number of thiazole rings is 1. The van der Waals surface area contributed by atoms with Gasteiger partial charge >= 0.3 is 0 Å². The van der Waals surface area contributed by atoms with Crippen molar-refractivity contribution in [2.45, 2.75) is 38.6 Å². The predicted octanol–water partition coefficient (Wildman–Crippen LogP) is 3.76. The average molecular weight is 330 g/mol. The first kappa shape index (κ1) is 16.0. The lowest BCUT2D eigenvalue weighted by atomic mass is 10.0. The van der Waals surface area contributed by atoms with E-state index in [1.54, 1.807) is 18.4 Å². The predicted molar refractivity (Wildman–Crippen MR) is 92.3 cm³/mol. The van der Waals surface area contributed by atoms with Crippen LogP contribution >= 0.6 is 11.3 Å². The highest BCUT2D eigenvalue weighted by Gasteiger charge is 2.25. The third-order valence-electron chi connectivity index (χ3n) is 4.35. The standard InChI is InChI=1S/C18H22N2O2S/c1-13-5-3-4-10-20(13)18(21)16-12-23-17(19-16)11-14-6-8-15(22-2)9-7-14/h6-9,12-13H,3-5,10-11H2,1-2H3. The molecule has 1 aromatic carbocycles. The number of carbonyl (C=O) groups excluding carboxylic acids is 1. The van der Waals surface area contributed by atoms with E-state index in [1.165, 1.54) is 12.0 Å². The van der Waals surface area contributed by atoms with Gasteiger partial charge in [0.25, 0.3) is 5.91 Å². The average Bonchev–Trinajstić information content (AvgIpc) is 3.04. The van der Waals surface area contributed by atoms with Crippen molar-refractivity contribution in [1.82, 2.24) is 9.88 Å². The number of benzene rings is 1. The molecule has 1 unspecified atom stereocenters. The number of amides is 1. The number of aromatic nitrogens is 1. The summed E-state index contributed by atoms with van der Waals surface area (Å²) in [4.78, 5) is 19.1. The van der Waals surface area contributed by atoms with Crippen LogP contribution in [0.5, 0.6) is 5.75 Å². The quantitative estimate of drug-likeness (QED) is 0.857. The Morgan fingerprint density at radius 2 is 2.13 bits per heavy atom. The zero-order valence-electron chi connectivity index (χ0n) is 13.6. The maximum absolute atomic E-state index is 12.6. The fourth-order valence-electron chi connectivity index (χ4n) is 2.96. The molecule has 1 saturated heterocycles. The Morgan fingerprint density at radius 1 is 1.35 bits per heavy atom. The number of methoxy groups -OCH3 is 1. The molecule has 1 aliphatic rings. The fourth-order valence-corrected chi connectivity index (χ4v) is 3.76. The van der Waals surface area contributed by atoms with Crippen LogP contribution in [0.4, 0.5) is 0 Å². The first-order chi connectivity index (χ1) is 11.2. The van der Waals surface area contributed by atoms with Crippen LogP contribution in [0.1, 0.15) is 47.2 Å². The number of rotatable bonds is 4. The molecule has 2 aromatic rings. The van der Waals surface area contributed by atoms with Gasteiger partial charge in [0.15, 0.2) is 0 Å². The van der Waals surface area contributed by atoms with E-state index in [1.807, 2.05) is 34.5 Å². The number of likely N-dealkylation sites (tertiary alicyclic amines) is 1. The summed E-state index contributed by atoms with van der Waals surface area (Å²) in [6.07, 6.45) is 4.15. The van der Waals surface area contributed by atoms with Crippen molar-refractivity contribution in [3.63, 3.8) is 0 Å². The molecule has 1 aliphatic heterocycles. The van der Waals surface area contributed by atoms with Crippen molar-refractivity contribution in [1.29, 1.82) is 0 Å². The lowest BCUT2D eigenvalue weighted by molar-refractivity contribution is 0.0630.